The molecule has 1 saturated heterocycles. The SMILES string of the molecule is CC1(C)CC(NC(=O)c2ccc(Oc3cccc(-c4ccc[nH]4)c3C#N)c(Cl)c2)CC(C)(C)N1. The van der Waals surface area contributed by atoms with Crippen molar-refractivity contribution in [2.24, 2.45) is 0 Å². The average Bonchev–Trinajstić information content (AvgIpc) is 3.27. The van der Waals surface area contributed by atoms with Crippen LogP contribution in [0.2, 0.25) is 5.02 Å². The van der Waals surface area contributed by atoms with E-state index < -0.39 is 0 Å². The number of hydrogen-bond acceptors (Lipinski definition) is 4. The van der Waals surface area contributed by atoms with Gasteiger partial charge in [0.25, 0.3) is 5.91 Å². The van der Waals surface area contributed by atoms with E-state index in [0.29, 0.717) is 27.6 Å². The molecule has 2 aromatic carbocycles. The Morgan fingerprint density at radius 1 is 1.09 bits per heavy atom. The van der Waals surface area contributed by atoms with E-state index in [4.69, 9.17) is 16.3 Å². The van der Waals surface area contributed by atoms with E-state index >= 15 is 0 Å². The second-order valence-electron chi connectivity index (χ2n) is 10.1. The van der Waals surface area contributed by atoms with Gasteiger partial charge in [-0.2, -0.15) is 5.26 Å². The minimum absolute atomic E-state index is 0.0577. The van der Waals surface area contributed by atoms with Crippen molar-refractivity contribution in [2.45, 2.75) is 57.7 Å². The Morgan fingerprint density at radius 2 is 1.82 bits per heavy atom. The maximum Gasteiger partial charge on any atom is 0.251 e. The highest BCUT2D eigenvalue weighted by atomic mass is 35.5. The summed E-state index contributed by atoms with van der Waals surface area (Å²) < 4.78 is 6.00. The number of aromatic nitrogens is 1. The molecule has 7 heteroatoms. The van der Waals surface area contributed by atoms with Crippen molar-refractivity contribution in [2.75, 3.05) is 0 Å². The number of ether oxygens (including phenoxy) is 1. The van der Waals surface area contributed by atoms with Crippen molar-refractivity contribution in [1.29, 1.82) is 5.26 Å². The van der Waals surface area contributed by atoms with Crippen molar-refractivity contribution in [3.63, 3.8) is 0 Å². The first kappa shape index (κ1) is 23.9. The van der Waals surface area contributed by atoms with Crippen molar-refractivity contribution in [3.8, 4) is 28.8 Å². The number of carbonyl (C=O) groups is 1. The number of aromatic amines is 1. The number of nitrogens with one attached hydrogen (secondary N) is 3. The van der Waals surface area contributed by atoms with Crippen LogP contribution in [0.4, 0.5) is 0 Å². The van der Waals surface area contributed by atoms with E-state index in [9.17, 15) is 10.1 Å². The summed E-state index contributed by atoms with van der Waals surface area (Å²) in [5.74, 6) is 0.605. The fourth-order valence-electron chi connectivity index (χ4n) is 4.99. The highest BCUT2D eigenvalue weighted by molar-refractivity contribution is 6.32. The number of halogens is 1. The normalized spacial score (nSPS) is 17.1. The molecule has 4 rings (SSSR count). The lowest BCUT2D eigenvalue weighted by Gasteiger charge is -2.46. The summed E-state index contributed by atoms with van der Waals surface area (Å²) in [4.78, 5) is 16.1. The smallest absolute Gasteiger partial charge is 0.251 e. The van der Waals surface area contributed by atoms with Gasteiger partial charge in [0, 0.05) is 40.1 Å². The van der Waals surface area contributed by atoms with E-state index in [-0.39, 0.29) is 23.0 Å². The van der Waals surface area contributed by atoms with Crippen LogP contribution in [0.1, 0.15) is 56.5 Å². The average molecular weight is 477 g/mol. The second kappa shape index (κ2) is 9.17. The monoisotopic (exact) mass is 476 g/mol. The number of hydrogen-bond donors (Lipinski definition) is 3. The van der Waals surface area contributed by atoms with Gasteiger partial charge < -0.3 is 20.4 Å². The molecule has 34 heavy (non-hydrogen) atoms. The Balaban J connectivity index is 1.52. The third-order valence-corrected chi connectivity index (χ3v) is 6.26. The Hall–Kier alpha value is -3.27. The molecule has 0 atom stereocenters. The van der Waals surface area contributed by atoms with Crippen LogP contribution in [0.25, 0.3) is 11.3 Å². The van der Waals surface area contributed by atoms with Gasteiger partial charge in [-0.3, -0.25) is 4.79 Å². The van der Waals surface area contributed by atoms with E-state index in [1.165, 1.54) is 0 Å². The number of rotatable bonds is 5. The molecular formula is C27H29ClN4O2. The van der Waals surface area contributed by atoms with Gasteiger partial charge in [-0.1, -0.05) is 23.7 Å². The van der Waals surface area contributed by atoms with E-state index in [0.717, 1.165) is 24.1 Å². The molecule has 0 bridgehead atoms. The van der Waals surface area contributed by atoms with E-state index in [1.807, 2.05) is 24.3 Å². The Morgan fingerprint density at radius 3 is 2.44 bits per heavy atom. The minimum atomic E-state index is -0.168. The summed E-state index contributed by atoms with van der Waals surface area (Å²) in [6.07, 6.45) is 3.48. The molecule has 1 aliphatic heterocycles. The summed E-state index contributed by atoms with van der Waals surface area (Å²) in [5.41, 5.74) is 2.30. The van der Waals surface area contributed by atoms with Crippen LogP contribution in [-0.4, -0.2) is 28.0 Å². The van der Waals surface area contributed by atoms with E-state index in [2.05, 4.69) is 49.4 Å². The Labute approximate surface area is 205 Å². The number of nitriles is 1. The summed E-state index contributed by atoms with van der Waals surface area (Å²) in [6.45, 7) is 8.60. The van der Waals surface area contributed by atoms with Crippen LogP contribution in [0.5, 0.6) is 11.5 Å². The van der Waals surface area contributed by atoms with Crippen LogP contribution in [-0.2, 0) is 0 Å². The molecule has 3 N–H and O–H groups in total. The topological polar surface area (TPSA) is 89.9 Å². The molecule has 0 aliphatic carbocycles. The van der Waals surface area contributed by atoms with Gasteiger partial charge in [0.05, 0.1) is 5.02 Å². The molecule has 0 unspecified atom stereocenters. The lowest BCUT2D eigenvalue weighted by molar-refractivity contribution is 0.0873. The molecule has 1 amide bonds. The standard InChI is InChI=1S/C27H29ClN4O2/c1-26(2)14-18(15-27(3,4)32-26)31-25(33)17-10-11-24(21(28)13-17)34-23-9-5-7-19(20(23)16-29)22-8-6-12-30-22/h5-13,18,30,32H,14-15H2,1-4H3,(H,31,33). The van der Waals surface area contributed by atoms with Gasteiger partial charge in [-0.05, 0) is 76.9 Å². The molecule has 1 aromatic heterocycles. The Kier molecular flexibility index (Phi) is 6.44. The van der Waals surface area contributed by atoms with Crippen LogP contribution < -0.4 is 15.4 Å². The minimum Gasteiger partial charge on any atom is -0.454 e. The van der Waals surface area contributed by atoms with Crippen molar-refractivity contribution in [3.05, 3.63) is 70.9 Å². The molecule has 176 valence electrons. The van der Waals surface area contributed by atoms with Gasteiger partial charge in [0.1, 0.15) is 23.1 Å². The lowest BCUT2D eigenvalue weighted by Crippen LogP contribution is -2.62. The molecule has 1 fully saturated rings. The maximum absolute atomic E-state index is 13.0. The number of amides is 1. The van der Waals surface area contributed by atoms with Gasteiger partial charge >= 0.3 is 0 Å². The zero-order valence-electron chi connectivity index (χ0n) is 19.8. The second-order valence-corrected chi connectivity index (χ2v) is 10.5. The fourth-order valence-corrected chi connectivity index (χ4v) is 5.21. The van der Waals surface area contributed by atoms with Crippen molar-refractivity contribution < 1.29 is 9.53 Å². The molecule has 6 nitrogen and oxygen atoms in total. The first-order chi connectivity index (χ1) is 16.1. The van der Waals surface area contributed by atoms with Crippen LogP contribution >= 0.6 is 11.6 Å². The van der Waals surface area contributed by atoms with Crippen LogP contribution in [0.15, 0.2) is 54.7 Å². The van der Waals surface area contributed by atoms with E-state index in [1.54, 1.807) is 30.5 Å². The summed E-state index contributed by atoms with van der Waals surface area (Å²) >= 11 is 6.49. The van der Waals surface area contributed by atoms with Gasteiger partial charge in [-0.15, -0.1) is 0 Å². The Bertz CT molecular complexity index is 1230. The molecule has 0 radical (unpaired) electrons. The van der Waals surface area contributed by atoms with Gasteiger partial charge in [-0.25, -0.2) is 0 Å². The number of H-pyrrole nitrogens is 1. The number of piperidine rings is 1. The highest BCUT2D eigenvalue weighted by Gasteiger charge is 2.38. The summed E-state index contributed by atoms with van der Waals surface area (Å²) in [7, 11) is 0. The summed E-state index contributed by atoms with van der Waals surface area (Å²) in [6, 6.07) is 16.4. The van der Waals surface area contributed by atoms with Crippen LogP contribution in [0, 0.1) is 11.3 Å². The lowest BCUT2D eigenvalue weighted by atomic mass is 9.79. The fraction of sp³-hybridized carbons (Fsp3) is 0.333. The number of nitrogens with zero attached hydrogens (tertiary/aromatic N) is 1. The molecular weight excluding hydrogens is 448 g/mol. The molecule has 2 heterocycles. The maximum atomic E-state index is 13.0. The first-order valence-corrected chi connectivity index (χ1v) is 11.7. The van der Waals surface area contributed by atoms with Gasteiger partial charge in [0.15, 0.2) is 0 Å². The third kappa shape index (κ3) is 5.27. The predicted octanol–water partition coefficient (Wildman–Crippen LogP) is 6.04. The van der Waals surface area contributed by atoms with Crippen molar-refractivity contribution in [1.82, 2.24) is 15.6 Å². The molecule has 0 saturated carbocycles. The van der Waals surface area contributed by atoms with Crippen molar-refractivity contribution >= 4 is 17.5 Å². The first-order valence-electron chi connectivity index (χ1n) is 11.3. The third-order valence-electron chi connectivity index (χ3n) is 5.97. The predicted molar refractivity (Wildman–Crippen MR) is 134 cm³/mol. The number of benzene rings is 2. The largest absolute Gasteiger partial charge is 0.454 e. The zero-order valence-corrected chi connectivity index (χ0v) is 20.6. The zero-order chi connectivity index (χ0) is 24.5. The molecule has 1 aliphatic rings. The highest BCUT2D eigenvalue weighted by Crippen LogP contribution is 2.36. The number of carbonyl (C=O) groups excluding carboxylic acids is 1. The summed E-state index contributed by atoms with van der Waals surface area (Å²) in [5, 5.41) is 16.8. The van der Waals surface area contributed by atoms with Gasteiger partial charge in [0.2, 0.25) is 0 Å². The molecule has 0 spiro atoms. The van der Waals surface area contributed by atoms with Crippen LogP contribution in [0.3, 0.4) is 0 Å². The quantitative estimate of drug-likeness (QED) is 0.419. The molecule has 3 aromatic rings.